The van der Waals surface area contributed by atoms with Crippen LogP contribution in [0.3, 0.4) is 0 Å². The van der Waals surface area contributed by atoms with E-state index in [0.717, 1.165) is 5.56 Å². The predicted octanol–water partition coefficient (Wildman–Crippen LogP) is 1.52. The Bertz CT molecular complexity index is 592. The number of halogens is 2. The minimum absolute atomic E-state index is 0. The Morgan fingerprint density at radius 1 is 1.38 bits per heavy atom. The van der Waals surface area contributed by atoms with Crippen molar-refractivity contribution in [2.24, 2.45) is 4.99 Å². The number of urea groups is 1. The highest BCUT2D eigenvalue weighted by Crippen LogP contribution is 2.11. The summed E-state index contributed by atoms with van der Waals surface area (Å²) in [6.07, 6.45) is 0. The van der Waals surface area contributed by atoms with E-state index in [1.807, 2.05) is 36.2 Å². The predicted molar refractivity (Wildman–Crippen MR) is 105 cm³/mol. The van der Waals surface area contributed by atoms with E-state index in [9.17, 15) is 9.59 Å². The fraction of sp³-hybridized carbons (Fsp3) is 0.400. The summed E-state index contributed by atoms with van der Waals surface area (Å²) in [7, 11) is 3.60. The van der Waals surface area contributed by atoms with Crippen molar-refractivity contribution in [2.75, 3.05) is 33.7 Å². The average molecular weight is 466 g/mol. The molecule has 132 valence electrons. The van der Waals surface area contributed by atoms with Crippen molar-refractivity contribution in [3.05, 3.63) is 34.9 Å². The third-order valence-electron chi connectivity index (χ3n) is 3.46. The van der Waals surface area contributed by atoms with E-state index in [1.165, 1.54) is 4.90 Å². The molecule has 1 aromatic rings. The van der Waals surface area contributed by atoms with Crippen LogP contribution < -0.4 is 10.6 Å². The molecule has 0 aromatic heterocycles. The Morgan fingerprint density at radius 3 is 2.58 bits per heavy atom. The fourth-order valence-electron chi connectivity index (χ4n) is 2.28. The molecule has 0 unspecified atom stereocenters. The molecule has 0 atom stereocenters. The number of imide groups is 1. The lowest BCUT2D eigenvalue weighted by molar-refractivity contribution is -0.124. The number of hydrogen-bond donors (Lipinski definition) is 2. The number of aliphatic imine (C=N–C) groups is 1. The largest absolute Gasteiger partial charge is 0.354 e. The molecular weight excluding hydrogens is 445 g/mol. The Balaban J connectivity index is 0.00000288. The molecule has 1 aliphatic rings. The Morgan fingerprint density at radius 2 is 2.04 bits per heavy atom. The molecule has 1 fully saturated rings. The minimum atomic E-state index is -0.346. The van der Waals surface area contributed by atoms with E-state index in [2.05, 4.69) is 15.6 Å². The molecular formula is C15H21ClIN5O2. The third-order valence-corrected chi connectivity index (χ3v) is 3.71. The van der Waals surface area contributed by atoms with Gasteiger partial charge in [-0.25, -0.2) is 4.79 Å². The van der Waals surface area contributed by atoms with Crippen molar-refractivity contribution in [1.29, 1.82) is 0 Å². The van der Waals surface area contributed by atoms with Crippen LogP contribution >= 0.6 is 35.6 Å². The van der Waals surface area contributed by atoms with Crippen molar-refractivity contribution in [3.63, 3.8) is 0 Å². The van der Waals surface area contributed by atoms with Crippen LogP contribution in [0.25, 0.3) is 0 Å². The first-order chi connectivity index (χ1) is 11.0. The maximum absolute atomic E-state index is 11.5. The molecule has 3 amide bonds. The van der Waals surface area contributed by atoms with Crippen molar-refractivity contribution in [3.8, 4) is 0 Å². The Kier molecular flexibility index (Phi) is 8.26. The molecule has 1 heterocycles. The van der Waals surface area contributed by atoms with Gasteiger partial charge in [0.05, 0.1) is 6.54 Å². The summed E-state index contributed by atoms with van der Waals surface area (Å²) in [5.74, 6) is 0.480. The lowest BCUT2D eigenvalue weighted by Crippen LogP contribution is -2.43. The van der Waals surface area contributed by atoms with E-state index in [4.69, 9.17) is 11.6 Å². The highest BCUT2D eigenvalue weighted by atomic mass is 127. The van der Waals surface area contributed by atoms with Gasteiger partial charge in [0.25, 0.3) is 0 Å². The number of benzene rings is 1. The normalized spacial score (nSPS) is 14.3. The molecule has 2 N–H and O–H groups in total. The van der Waals surface area contributed by atoms with Crippen LogP contribution in [-0.2, 0) is 11.3 Å². The summed E-state index contributed by atoms with van der Waals surface area (Å²) in [6.45, 7) is 1.49. The zero-order valence-corrected chi connectivity index (χ0v) is 16.7. The number of carbonyl (C=O) groups is 2. The minimum Gasteiger partial charge on any atom is -0.354 e. The van der Waals surface area contributed by atoms with E-state index >= 15 is 0 Å². The molecule has 1 saturated heterocycles. The Labute approximate surface area is 163 Å². The first-order valence-electron chi connectivity index (χ1n) is 7.25. The van der Waals surface area contributed by atoms with Crippen LogP contribution in [0.1, 0.15) is 5.56 Å². The number of nitrogens with one attached hydrogen (secondary N) is 2. The highest BCUT2D eigenvalue weighted by molar-refractivity contribution is 14.0. The van der Waals surface area contributed by atoms with Crippen LogP contribution in [0, 0.1) is 0 Å². The summed E-state index contributed by atoms with van der Waals surface area (Å²) in [4.78, 5) is 30.3. The van der Waals surface area contributed by atoms with Gasteiger partial charge in [0, 0.05) is 38.8 Å². The number of carbonyl (C=O) groups excluding carboxylic acids is 2. The van der Waals surface area contributed by atoms with Gasteiger partial charge < -0.3 is 15.5 Å². The van der Waals surface area contributed by atoms with Gasteiger partial charge in [0.1, 0.15) is 0 Å². The van der Waals surface area contributed by atoms with Crippen molar-refractivity contribution in [1.82, 2.24) is 20.4 Å². The van der Waals surface area contributed by atoms with Crippen molar-refractivity contribution < 1.29 is 9.59 Å². The molecule has 7 nitrogen and oxygen atoms in total. The van der Waals surface area contributed by atoms with Gasteiger partial charge in [0.2, 0.25) is 5.91 Å². The van der Waals surface area contributed by atoms with E-state index < -0.39 is 0 Å². The standard InChI is InChI=1S/C15H20ClN5O2.HI/c1-17-14(18-7-8-21-13(22)9-19-15(21)23)20(2)10-11-3-5-12(16)6-4-11;/h3-6H,7-10H2,1-2H3,(H,17,18)(H,19,23);1H. The van der Waals surface area contributed by atoms with E-state index in [0.29, 0.717) is 30.6 Å². The molecule has 0 bridgehead atoms. The van der Waals surface area contributed by atoms with Gasteiger partial charge in [-0.3, -0.25) is 14.7 Å². The van der Waals surface area contributed by atoms with Crippen LogP contribution in [-0.4, -0.2) is 61.4 Å². The van der Waals surface area contributed by atoms with Gasteiger partial charge in [0.15, 0.2) is 5.96 Å². The van der Waals surface area contributed by atoms with Crippen LogP contribution in [0.15, 0.2) is 29.3 Å². The lowest BCUT2D eigenvalue weighted by Gasteiger charge is -2.23. The number of guanidine groups is 1. The summed E-state index contributed by atoms with van der Waals surface area (Å²) in [5, 5.41) is 6.34. The van der Waals surface area contributed by atoms with Crippen LogP contribution in [0.5, 0.6) is 0 Å². The quantitative estimate of drug-likeness (QED) is 0.299. The van der Waals surface area contributed by atoms with Gasteiger partial charge in [-0.15, -0.1) is 24.0 Å². The molecule has 2 rings (SSSR count). The molecule has 0 radical (unpaired) electrons. The second kappa shape index (κ2) is 9.67. The zero-order valence-electron chi connectivity index (χ0n) is 13.6. The zero-order chi connectivity index (χ0) is 16.8. The Hall–Kier alpha value is -1.55. The molecule has 0 saturated carbocycles. The van der Waals surface area contributed by atoms with E-state index in [-0.39, 0.29) is 42.5 Å². The summed E-state index contributed by atoms with van der Waals surface area (Å²) in [6, 6.07) is 7.26. The van der Waals surface area contributed by atoms with Gasteiger partial charge in [-0.1, -0.05) is 23.7 Å². The maximum atomic E-state index is 11.5. The maximum Gasteiger partial charge on any atom is 0.324 e. The van der Waals surface area contributed by atoms with Gasteiger partial charge >= 0.3 is 6.03 Å². The molecule has 1 aromatic carbocycles. The second-order valence-corrected chi connectivity index (χ2v) is 5.60. The first kappa shape index (κ1) is 20.5. The topological polar surface area (TPSA) is 77.0 Å². The van der Waals surface area contributed by atoms with E-state index in [1.54, 1.807) is 7.05 Å². The number of hydrogen-bond acceptors (Lipinski definition) is 3. The smallest absolute Gasteiger partial charge is 0.324 e. The van der Waals surface area contributed by atoms with Gasteiger partial charge in [-0.05, 0) is 17.7 Å². The SMILES string of the molecule is CN=C(NCCN1C(=O)CNC1=O)N(C)Cc1ccc(Cl)cc1.I. The first-order valence-corrected chi connectivity index (χ1v) is 7.63. The molecule has 0 spiro atoms. The molecule has 9 heteroatoms. The lowest BCUT2D eigenvalue weighted by atomic mass is 10.2. The monoisotopic (exact) mass is 465 g/mol. The van der Waals surface area contributed by atoms with Crippen LogP contribution in [0.4, 0.5) is 4.79 Å². The van der Waals surface area contributed by atoms with Gasteiger partial charge in [-0.2, -0.15) is 0 Å². The molecule has 24 heavy (non-hydrogen) atoms. The molecule has 1 aliphatic heterocycles. The van der Waals surface area contributed by atoms with Crippen molar-refractivity contribution in [2.45, 2.75) is 6.54 Å². The summed E-state index contributed by atoms with van der Waals surface area (Å²) >= 11 is 5.88. The highest BCUT2D eigenvalue weighted by Gasteiger charge is 2.27. The average Bonchev–Trinajstić information content (AvgIpc) is 2.85. The summed E-state index contributed by atoms with van der Waals surface area (Å²) in [5.41, 5.74) is 1.11. The van der Waals surface area contributed by atoms with Crippen molar-refractivity contribution >= 4 is 53.5 Å². The van der Waals surface area contributed by atoms with Crippen LogP contribution in [0.2, 0.25) is 5.02 Å². The number of rotatable bonds is 5. The third kappa shape index (κ3) is 5.52. The number of amides is 3. The second-order valence-electron chi connectivity index (χ2n) is 5.16. The molecule has 0 aliphatic carbocycles. The fourth-order valence-corrected chi connectivity index (χ4v) is 2.41. The number of nitrogens with zero attached hydrogens (tertiary/aromatic N) is 3. The summed E-state index contributed by atoms with van der Waals surface area (Å²) < 4.78 is 0.